The zero-order valence-electron chi connectivity index (χ0n) is 11.8. The van der Waals surface area contributed by atoms with Crippen LogP contribution >= 0.6 is 11.3 Å². The highest BCUT2D eigenvalue weighted by atomic mass is 32.1. The number of rotatable bonds is 5. The van der Waals surface area contributed by atoms with E-state index in [-0.39, 0.29) is 6.04 Å². The van der Waals surface area contributed by atoms with Crippen LogP contribution in [-0.2, 0) is 6.54 Å². The van der Waals surface area contributed by atoms with Crippen LogP contribution in [-0.4, -0.2) is 6.04 Å². The summed E-state index contributed by atoms with van der Waals surface area (Å²) in [6.45, 7) is 7.44. The largest absolute Gasteiger partial charge is 0.364 e. The Balaban J connectivity index is 2.19. The van der Waals surface area contributed by atoms with Crippen LogP contribution in [0.15, 0.2) is 41.8 Å². The second-order valence-electron chi connectivity index (χ2n) is 5.18. The third-order valence-corrected chi connectivity index (χ3v) is 4.14. The van der Waals surface area contributed by atoms with Gasteiger partial charge in [0, 0.05) is 22.6 Å². The number of benzene rings is 1. The van der Waals surface area contributed by atoms with Gasteiger partial charge >= 0.3 is 0 Å². The Morgan fingerprint density at radius 3 is 2.26 bits per heavy atom. The second kappa shape index (κ2) is 6.22. The molecule has 0 saturated carbocycles. The number of nitrogens with zero attached hydrogens (tertiary/aromatic N) is 1. The van der Waals surface area contributed by atoms with Crippen LogP contribution in [0.5, 0.6) is 0 Å². The first-order valence-electron chi connectivity index (χ1n) is 6.72. The Labute approximate surface area is 119 Å². The van der Waals surface area contributed by atoms with E-state index in [4.69, 9.17) is 5.73 Å². The molecule has 2 N–H and O–H groups in total. The summed E-state index contributed by atoms with van der Waals surface area (Å²) in [4.78, 5) is 3.81. The van der Waals surface area contributed by atoms with Crippen molar-refractivity contribution in [2.24, 2.45) is 5.73 Å². The molecule has 0 radical (unpaired) electrons. The molecular formula is C16H22N2S. The molecular weight excluding hydrogens is 252 g/mol. The molecule has 0 spiro atoms. The van der Waals surface area contributed by atoms with Crippen molar-refractivity contribution in [2.45, 2.75) is 39.4 Å². The molecule has 0 aliphatic rings. The van der Waals surface area contributed by atoms with Crippen molar-refractivity contribution in [3.8, 4) is 0 Å². The first-order valence-corrected chi connectivity index (χ1v) is 7.60. The number of hydrogen-bond donors (Lipinski definition) is 1. The first kappa shape index (κ1) is 14.1. The van der Waals surface area contributed by atoms with Crippen LogP contribution in [0, 0.1) is 0 Å². The summed E-state index contributed by atoms with van der Waals surface area (Å²) in [6, 6.07) is 13.5. The molecule has 0 saturated heterocycles. The fourth-order valence-electron chi connectivity index (χ4n) is 2.11. The van der Waals surface area contributed by atoms with E-state index in [9.17, 15) is 0 Å². The number of anilines is 1. The molecule has 2 aromatic rings. The minimum atomic E-state index is 0.0962. The molecule has 0 aliphatic heterocycles. The summed E-state index contributed by atoms with van der Waals surface area (Å²) in [6.07, 6.45) is 0. The third-order valence-electron chi connectivity index (χ3n) is 3.28. The van der Waals surface area contributed by atoms with E-state index in [0.717, 1.165) is 6.54 Å². The summed E-state index contributed by atoms with van der Waals surface area (Å²) < 4.78 is 0. The molecule has 19 heavy (non-hydrogen) atoms. The molecule has 1 heterocycles. The highest BCUT2D eigenvalue weighted by molar-refractivity contribution is 7.09. The van der Waals surface area contributed by atoms with Gasteiger partial charge in [-0.2, -0.15) is 0 Å². The summed E-state index contributed by atoms with van der Waals surface area (Å²) in [5.41, 5.74) is 8.34. The van der Waals surface area contributed by atoms with E-state index >= 15 is 0 Å². The van der Waals surface area contributed by atoms with Gasteiger partial charge in [0.1, 0.15) is 0 Å². The lowest BCUT2D eigenvalue weighted by Crippen LogP contribution is -2.29. The van der Waals surface area contributed by atoms with Crippen LogP contribution in [0.1, 0.15) is 37.3 Å². The van der Waals surface area contributed by atoms with Crippen LogP contribution < -0.4 is 10.6 Å². The zero-order chi connectivity index (χ0) is 13.8. The van der Waals surface area contributed by atoms with Gasteiger partial charge in [-0.25, -0.2) is 0 Å². The van der Waals surface area contributed by atoms with Gasteiger partial charge in [0.25, 0.3) is 0 Å². The van der Waals surface area contributed by atoms with Gasteiger partial charge in [-0.1, -0.05) is 18.2 Å². The summed E-state index contributed by atoms with van der Waals surface area (Å²) in [5, 5.41) is 2.13. The Morgan fingerprint density at radius 1 is 1.11 bits per heavy atom. The van der Waals surface area contributed by atoms with E-state index < -0.39 is 0 Å². The summed E-state index contributed by atoms with van der Waals surface area (Å²) >= 11 is 1.81. The third kappa shape index (κ3) is 3.58. The first-order chi connectivity index (χ1) is 9.08. The molecule has 102 valence electrons. The van der Waals surface area contributed by atoms with Crippen LogP contribution in [0.3, 0.4) is 0 Å². The predicted octanol–water partition coefficient (Wildman–Crippen LogP) is 4.18. The molecule has 0 aliphatic carbocycles. The van der Waals surface area contributed by atoms with Crippen LogP contribution in [0.4, 0.5) is 5.69 Å². The standard InChI is InChI=1S/C16H22N2S/c1-12(2)18(11-16-5-4-10-19-16)15-8-6-14(7-9-15)13(3)17/h4-10,12-13H,11,17H2,1-3H3/t13-/m0/s1. The highest BCUT2D eigenvalue weighted by Gasteiger charge is 2.12. The van der Waals surface area contributed by atoms with Crippen molar-refractivity contribution < 1.29 is 0 Å². The maximum absolute atomic E-state index is 5.90. The van der Waals surface area contributed by atoms with Gasteiger partial charge in [0.05, 0.1) is 6.54 Å². The number of nitrogens with two attached hydrogens (primary N) is 1. The topological polar surface area (TPSA) is 29.3 Å². The van der Waals surface area contributed by atoms with E-state index in [2.05, 4.69) is 60.5 Å². The maximum Gasteiger partial charge on any atom is 0.0525 e. The molecule has 0 amide bonds. The molecule has 1 atom stereocenters. The van der Waals surface area contributed by atoms with Crippen molar-refractivity contribution in [1.29, 1.82) is 0 Å². The lowest BCUT2D eigenvalue weighted by Gasteiger charge is -2.29. The van der Waals surface area contributed by atoms with E-state index in [1.807, 2.05) is 18.3 Å². The SMILES string of the molecule is CC(C)N(Cc1cccs1)c1ccc([C@H](C)N)cc1. The molecule has 2 nitrogen and oxygen atoms in total. The fraction of sp³-hybridized carbons (Fsp3) is 0.375. The fourth-order valence-corrected chi connectivity index (χ4v) is 2.81. The van der Waals surface area contributed by atoms with Gasteiger partial charge in [0.2, 0.25) is 0 Å². The van der Waals surface area contributed by atoms with Crippen molar-refractivity contribution in [3.05, 3.63) is 52.2 Å². The lowest BCUT2D eigenvalue weighted by atomic mass is 10.1. The Morgan fingerprint density at radius 2 is 1.79 bits per heavy atom. The van der Waals surface area contributed by atoms with Crippen molar-refractivity contribution in [2.75, 3.05) is 4.90 Å². The average molecular weight is 274 g/mol. The molecule has 1 aromatic heterocycles. The minimum Gasteiger partial charge on any atom is -0.364 e. The highest BCUT2D eigenvalue weighted by Crippen LogP contribution is 2.23. The second-order valence-corrected chi connectivity index (χ2v) is 6.21. The van der Waals surface area contributed by atoms with E-state index in [0.29, 0.717) is 6.04 Å². The van der Waals surface area contributed by atoms with E-state index in [1.165, 1.54) is 16.1 Å². The van der Waals surface area contributed by atoms with Gasteiger partial charge in [-0.05, 0) is 49.9 Å². The van der Waals surface area contributed by atoms with Crippen LogP contribution in [0.25, 0.3) is 0 Å². The quantitative estimate of drug-likeness (QED) is 0.886. The van der Waals surface area contributed by atoms with Crippen molar-refractivity contribution in [3.63, 3.8) is 0 Å². The Kier molecular flexibility index (Phi) is 4.61. The van der Waals surface area contributed by atoms with Crippen LogP contribution in [0.2, 0.25) is 0 Å². The van der Waals surface area contributed by atoms with Gasteiger partial charge < -0.3 is 10.6 Å². The summed E-state index contributed by atoms with van der Waals surface area (Å²) in [7, 11) is 0. The predicted molar refractivity (Wildman–Crippen MR) is 84.7 cm³/mol. The van der Waals surface area contributed by atoms with Gasteiger partial charge in [-0.3, -0.25) is 0 Å². The van der Waals surface area contributed by atoms with Gasteiger partial charge in [0.15, 0.2) is 0 Å². The molecule has 3 heteroatoms. The smallest absolute Gasteiger partial charge is 0.0525 e. The minimum absolute atomic E-state index is 0.0962. The van der Waals surface area contributed by atoms with Gasteiger partial charge in [-0.15, -0.1) is 11.3 Å². The normalized spacial score (nSPS) is 12.7. The average Bonchev–Trinajstić information content (AvgIpc) is 2.88. The molecule has 2 rings (SSSR count). The zero-order valence-corrected chi connectivity index (χ0v) is 12.7. The number of thiophene rings is 1. The van der Waals surface area contributed by atoms with Crippen molar-refractivity contribution in [1.82, 2.24) is 0 Å². The maximum atomic E-state index is 5.90. The van der Waals surface area contributed by atoms with E-state index in [1.54, 1.807) is 0 Å². The monoisotopic (exact) mass is 274 g/mol. The van der Waals surface area contributed by atoms with Crippen molar-refractivity contribution >= 4 is 17.0 Å². The summed E-state index contributed by atoms with van der Waals surface area (Å²) in [5.74, 6) is 0. The molecule has 0 fully saturated rings. The lowest BCUT2D eigenvalue weighted by molar-refractivity contribution is 0.686. The Bertz CT molecular complexity index is 486. The molecule has 1 aromatic carbocycles. The molecule has 0 unspecified atom stereocenters. The molecule has 0 bridgehead atoms. The number of hydrogen-bond acceptors (Lipinski definition) is 3. The Hall–Kier alpha value is -1.32.